The minimum absolute atomic E-state index is 0.0138. The van der Waals surface area contributed by atoms with Gasteiger partial charge in [0.25, 0.3) is 0 Å². The summed E-state index contributed by atoms with van der Waals surface area (Å²) in [5.41, 5.74) is 2.23. The van der Waals surface area contributed by atoms with E-state index in [1.165, 1.54) is 7.11 Å². The SMILES string of the molecule is COc1c(C)cc(Br)c(C)c1C(=O)CC(C)CC(=O)O. The van der Waals surface area contributed by atoms with E-state index in [1.54, 1.807) is 6.92 Å². The lowest BCUT2D eigenvalue weighted by Gasteiger charge is -2.16. The number of benzene rings is 1. The molecule has 1 unspecified atom stereocenters. The van der Waals surface area contributed by atoms with Crippen LogP contribution in [0.4, 0.5) is 0 Å². The quantitative estimate of drug-likeness (QED) is 0.799. The van der Waals surface area contributed by atoms with Gasteiger partial charge in [0.1, 0.15) is 5.75 Å². The van der Waals surface area contributed by atoms with Crippen LogP contribution >= 0.6 is 15.9 Å². The van der Waals surface area contributed by atoms with Crippen molar-refractivity contribution in [2.75, 3.05) is 7.11 Å². The van der Waals surface area contributed by atoms with E-state index in [-0.39, 0.29) is 24.5 Å². The van der Waals surface area contributed by atoms with Crippen LogP contribution in [0.5, 0.6) is 5.75 Å². The van der Waals surface area contributed by atoms with Crippen molar-refractivity contribution in [2.24, 2.45) is 5.92 Å². The molecule has 0 saturated heterocycles. The first-order chi connectivity index (χ1) is 9.27. The fourth-order valence-corrected chi connectivity index (χ4v) is 2.78. The number of ether oxygens (including phenoxy) is 1. The molecule has 0 aromatic heterocycles. The molecule has 0 bridgehead atoms. The van der Waals surface area contributed by atoms with Gasteiger partial charge in [-0.05, 0) is 37.0 Å². The van der Waals surface area contributed by atoms with E-state index in [1.807, 2.05) is 19.9 Å². The highest BCUT2D eigenvalue weighted by molar-refractivity contribution is 9.10. The molecule has 0 aliphatic carbocycles. The third-order valence-electron chi connectivity index (χ3n) is 3.20. The van der Waals surface area contributed by atoms with Crippen LogP contribution in [0.2, 0.25) is 0 Å². The number of Topliss-reactive ketones (excluding diaryl/α,β-unsaturated/α-hetero) is 1. The van der Waals surface area contributed by atoms with Crippen LogP contribution in [0.15, 0.2) is 10.5 Å². The standard InChI is InChI=1S/C15H19BrO4/c1-8(6-13(18)19)5-12(17)14-10(3)11(16)7-9(2)15(14)20-4/h7-8H,5-6H2,1-4H3,(H,18,19). The molecule has 0 fully saturated rings. The molecule has 20 heavy (non-hydrogen) atoms. The van der Waals surface area contributed by atoms with Crippen LogP contribution in [-0.4, -0.2) is 24.0 Å². The van der Waals surface area contributed by atoms with Gasteiger partial charge in [0.2, 0.25) is 0 Å². The normalized spacial score (nSPS) is 12.1. The van der Waals surface area contributed by atoms with Gasteiger partial charge in [-0.1, -0.05) is 22.9 Å². The zero-order valence-electron chi connectivity index (χ0n) is 12.1. The molecule has 1 N–H and O–H groups in total. The smallest absolute Gasteiger partial charge is 0.303 e. The maximum Gasteiger partial charge on any atom is 0.303 e. The number of hydrogen-bond acceptors (Lipinski definition) is 3. The van der Waals surface area contributed by atoms with Crippen molar-refractivity contribution in [3.05, 3.63) is 27.2 Å². The zero-order chi connectivity index (χ0) is 15.4. The van der Waals surface area contributed by atoms with Crippen molar-refractivity contribution in [3.63, 3.8) is 0 Å². The molecule has 4 nitrogen and oxygen atoms in total. The van der Waals surface area contributed by atoms with Crippen molar-refractivity contribution >= 4 is 27.7 Å². The first-order valence-corrected chi connectivity index (χ1v) is 7.15. The molecule has 110 valence electrons. The average Bonchev–Trinajstić information content (AvgIpc) is 2.31. The first-order valence-electron chi connectivity index (χ1n) is 6.36. The second kappa shape index (κ2) is 6.88. The van der Waals surface area contributed by atoms with E-state index < -0.39 is 5.97 Å². The third kappa shape index (κ3) is 3.82. The number of aliphatic carboxylic acids is 1. The highest BCUT2D eigenvalue weighted by Gasteiger charge is 2.22. The molecule has 1 atom stereocenters. The molecular formula is C15H19BrO4. The number of carboxylic acids is 1. The Balaban J connectivity index is 3.12. The molecule has 0 spiro atoms. The molecule has 0 saturated carbocycles. The Morgan fingerprint density at radius 1 is 1.35 bits per heavy atom. The number of hydrogen-bond donors (Lipinski definition) is 1. The Labute approximate surface area is 127 Å². The maximum atomic E-state index is 12.4. The topological polar surface area (TPSA) is 63.6 Å². The van der Waals surface area contributed by atoms with Crippen molar-refractivity contribution in [1.29, 1.82) is 0 Å². The van der Waals surface area contributed by atoms with E-state index in [9.17, 15) is 9.59 Å². The van der Waals surface area contributed by atoms with Crippen molar-refractivity contribution < 1.29 is 19.4 Å². The van der Waals surface area contributed by atoms with E-state index in [2.05, 4.69) is 15.9 Å². The second-order valence-corrected chi connectivity index (χ2v) is 5.89. The van der Waals surface area contributed by atoms with Crippen molar-refractivity contribution in [3.8, 4) is 5.75 Å². The Morgan fingerprint density at radius 3 is 2.45 bits per heavy atom. The summed E-state index contributed by atoms with van der Waals surface area (Å²) in [7, 11) is 1.53. The van der Waals surface area contributed by atoms with Gasteiger partial charge < -0.3 is 9.84 Å². The third-order valence-corrected chi connectivity index (χ3v) is 4.03. The zero-order valence-corrected chi connectivity index (χ0v) is 13.7. The molecule has 1 aromatic carbocycles. The summed E-state index contributed by atoms with van der Waals surface area (Å²) in [5.74, 6) is -0.612. The summed E-state index contributed by atoms with van der Waals surface area (Å²) < 4.78 is 6.19. The summed E-state index contributed by atoms with van der Waals surface area (Å²) in [6.07, 6.45) is 0.180. The number of carboxylic acid groups (broad SMARTS) is 1. The Bertz CT molecular complexity index is 537. The van der Waals surface area contributed by atoms with Crippen molar-refractivity contribution in [1.82, 2.24) is 0 Å². The summed E-state index contributed by atoms with van der Waals surface area (Å²) in [6.45, 7) is 5.49. The molecule has 5 heteroatoms. The molecule has 0 aliphatic heterocycles. The van der Waals surface area contributed by atoms with E-state index in [4.69, 9.17) is 9.84 Å². The van der Waals surface area contributed by atoms with Crippen LogP contribution < -0.4 is 4.74 Å². The van der Waals surface area contributed by atoms with E-state index in [0.717, 1.165) is 15.6 Å². The Hall–Kier alpha value is -1.36. The summed E-state index contributed by atoms with van der Waals surface area (Å²) >= 11 is 3.43. The van der Waals surface area contributed by atoms with Gasteiger partial charge in [0.15, 0.2) is 5.78 Å². The molecular weight excluding hydrogens is 324 g/mol. The Kier molecular flexibility index (Phi) is 5.74. The number of methoxy groups -OCH3 is 1. The summed E-state index contributed by atoms with van der Waals surface area (Å²) in [5, 5.41) is 8.77. The van der Waals surface area contributed by atoms with E-state index >= 15 is 0 Å². The van der Waals surface area contributed by atoms with Crippen LogP contribution in [0.3, 0.4) is 0 Å². The second-order valence-electron chi connectivity index (χ2n) is 5.04. The van der Waals surface area contributed by atoms with Gasteiger partial charge >= 0.3 is 5.97 Å². The van der Waals surface area contributed by atoms with Gasteiger partial charge in [-0.25, -0.2) is 0 Å². The van der Waals surface area contributed by atoms with Crippen LogP contribution in [-0.2, 0) is 4.79 Å². The molecule has 1 rings (SSSR count). The lowest BCUT2D eigenvalue weighted by Crippen LogP contribution is -2.13. The monoisotopic (exact) mass is 342 g/mol. The largest absolute Gasteiger partial charge is 0.496 e. The number of rotatable bonds is 6. The fourth-order valence-electron chi connectivity index (χ4n) is 2.24. The predicted octanol–water partition coefficient (Wildman–Crippen LogP) is 3.76. The highest BCUT2D eigenvalue weighted by Crippen LogP contribution is 2.33. The minimum atomic E-state index is -0.889. The summed E-state index contributed by atoms with van der Waals surface area (Å²) in [4.78, 5) is 23.1. The number of ketones is 1. The minimum Gasteiger partial charge on any atom is -0.496 e. The van der Waals surface area contributed by atoms with Gasteiger partial charge in [-0.3, -0.25) is 9.59 Å². The van der Waals surface area contributed by atoms with Crippen LogP contribution in [0.1, 0.15) is 41.3 Å². The Morgan fingerprint density at radius 2 is 1.95 bits per heavy atom. The van der Waals surface area contributed by atoms with Crippen molar-refractivity contribution in [2.45, 2.75) is 33.6 Å². The molecule has 0 amide bonds. The number of carbonyl (C=O) groups excluding carboxylic acids is 1. The van der Waals surface area contributed by atoms with Gasteiger partial charge in [0, 0.05) is 17.3 Å². The fraction of sp³-hybridized carbons (Fsp3) is 0.467. The highest BCUT2D eigenvalue weighted by atomic mass is 79.9. The van der Waals surface area contributed by atoms with Crippen LogP contribution in [0, 0.1) is 19.8 Å². The van der Waals surface area contributed by atoms with Gasteiger partial charge in [-0.2, -0.15) is 0 Å². The van der Waals surface area contributed by atoms with E-state index in [0.29, 0.717) is 11.3 Å². The summed E-state index contributed by atoms with van der Waals surface area (Å²) in [6, 6.07) is 1.91. The first kappa shape index (κ1) is 16.7. The maximum absolute atomic E-state index is 12.4. The van der Waals surface area contributed by atoms with Gasteiger partial charge in [0.05, 0.1) is 12.7 Å². The number of carbonyl (C=O) groups is 2. The molecule has 0 heterocycles. The molecule has 0 radical (unpaired) electrons. The lowest BCUT2D eigenvalue weighted by molar-refractivity contribution is -0.137. The molecule has 0 aliphatic rings. The predicted molar refractivity (Wildman–Crippen MR) is 80.5 cm³/mol. The molecule has 1 aromatic rings. The van der Waals surface area contributed by atoms with Gasteiger partial charge in [-0.15, -0.1) is 0 Å². The van der Waals surface area contributed by atoms with Crippen LogP contribution in [0.25, 0.3) is 0 Å². The number of aryl methyl sites for hydroxylation is 1. The average molecular weight is 343 g/mol. The lowest BCUT2D eigenvalue weighted by atomic mass is 9.93. The number of halogens is 1.